The van der Waals surface area contributed by atoms with E-state index in [2.05, 4.69) is 36.4 Å². The topological polar surface area (TPSA) is 114 Å². The summed E-state index contributed by atoms with van der Waals surface area (Å²) < 4.78 is 6.25. The van der Waals surface area contributed by atoms with Gasteiger partial charge in [-0.15, -0.1) is 0 Å². The SMILES string of the molecule is C[C@H](C(=O)N[C@@H]1CCC(O)C1)N(C)C1CCC(Nc2ncc3oc(C#N)cc3c2Br)CC1. The summed E-state index contributed by atoms with van der Waals surface area (Å²) in [6, 6.07) is 4.29. The standard InChI is InChI=1S/C23H30BrN5O3/c1-13(23(31)28-15-5-8-17(30)9-15)29(2)16-6-3-14(4-7-16)27-22-21(24)19-10-18(11-25)32-20(19)12-26-22/h10,12-17,30H,3-9H2,1-2H3,(H,26,27)(H,28,31)/t13-,14?,15-,16?,17?/m1/s1. The van der Waals surface area contributed by atoms with Crippen LogP contribution in [0.15, 0.2) is 21.2 Å². The average Bonchev–Trinajstić information content (AvgIpc) is 3.41. The Balaban J connectivity index is 1.30. The maximum atomic E-state index is 12.7. The second kappa shape index (κ2) is 9.77. The molecule has 2 fully saturated rings. The number of anilines is 1. The number of hydrogen-bond acceptors (Lipinski definition) is 7. The van der Waals surface area contributed by atoms with Gasteiger partial charge in [0.1, 0.15) is 11.9 Å². The molecule has 9 heteroatoms. The van der Waals surface area contributed by atoms with Gasteiger partial charge in [0.2, 0.25) is 11.7 Å². The quantitative estimate of drug-likeness (QED) is 0.552. The first-order valence-corrected chi connectivity index (χ1v) is 12.1. The summed E-state index contributed by atoms with van der Waals surface area (Å²) >= 11 is 3.60. The van der Waals surface area contributed by atoms with Crippen LogP contribution in [0.25, 0.3) is 11.0 Å². The van der Waals surface area contributed by atoms with Crippen molar-refractivity contribution in [2.45, 2.75) is 82.1 Å². The van der Waals surface area contributed by atoms with E-state index in [1.54, 1.807) is 12.3 Å². The number of carbonyl (C=O) groups excluding carboxylic acids is 1. The zero-order valence-electron chi connectivity index (χ0n) is 18.5. The van der Waals surface area contributed by atoms with Crippen LogP contribution < -0.4 is 10.6 Å². The first-order chi connectivity index (χ1) is 15.4. The summed E-state index contributed by atoms with van der Waals surface area (Å²) in [6.45, 7) is 1.96. The van der Waals surface area contributed by atoms with E-state index in [9.17, 15) is 9.90 Å². The largest absolute Gasteiger partial charge is 0.444 e. The van der Waals surface area contributed by atoms with Gasteiger partial charge in [-0.25, -0.2) is 4.98 Å². The van der Waals surface area contributed by atoms with Crippen molar-refractivity contribution in [2.75, 3.05) is 12.4 Å². The summed E-state index contributed by atoms with van der Waals surface area (Å²) in [5, 5.41) is 26.2. The summed E-state index contributed by atoms with van der Waals surface area (Å²) in [7, 11) is 2.03. The number of carbonyl (C=O) groups is 1. The molecule has 2 aromatic heterocycles. The molecule has 2 aromatic rings. The second-order valence-electron chi connectivity index (χ2n) is 9.08. The first kappa shape index (κ1) is 23.0. The molecule has 0 saturated heterocycles. The molecular weight excluding hydrogens is 474 g/mol. The molecule has 0 bridgehead atoms. The fourth-order valence-electron chi connectivity index (χ4n) is 4.87. The predicted molar refractivity (Wildman–Crippen MR) is 125 cm³/mol. The fourth-order valence-corrected chi connectivity index (χ4v) is 5.39. The molecule has 2 saturated carbocycles. The van der Waals surface area contributed by atoms with Crippen LogP contribution in [-0.2, 0) is 4.79 Å². The van der Waals surface area contributed by atoms with E-state index in [4.69, 9.17) is 9.68 Å². The van der Waals surface area contributed by atoms with Crippen molar-refractivity contribution in [3.8, 4) is 6.07 Å². The van der Waals surface area contributed by atoms with E-state index in [1.165, 1.54) is 0 Å². The van der Waals surface area contributed by atoms with Gasteiger partial charge in [0.15, 0.2) is 5.58 Å². The summed E-state index contributed by atoms with van der Waals surface area (Å²) in [5.41, 5.74) is 0.587. The minimum Gasteiger partial charge on any atom is -0.444 e. The average molecular weight is 504 g/mol. The number of furan rings is 1. The number of amides is 1. The molecule has 2 aliphatic carbocycles. The number of likely N-dealkylation sites (N-methyl/N-ethyl adjacent to an activating group) is 1. The predicted octanol–water partition coefficient (Wildman–Crippen LogP) is 3.53. The summed E-state index contributed by atoms with van der Waals surface area (Å²) in [4.78, 5) is 19.3. The summed E-state index contributed by atoms with van der Waals surface area (Å²) in [6.07, 6.45) is 7.61. The number of nitriles is 1. The number of fused-ring (bicyclic) bond motifs is 1. The van der Waals surface area contributed by atoms with Crippen LogP contribution in [0.4, 0.5) is 5.82 Å². The highest BCUT2D eigenvalue weighted by Crippen LogP contribution is 2.34. The third kappa shape index (κ3) is 4.92. The molecule has 2 heterocycles. The van der Waals surface area contributed by atoms with Crippen LogP contribution in [0, 0.1) is 11.3 Å². The van der Waals surface area contributed by atoms with E-state index in [1.807, 2.05) is 20.0 Å². The molecule has 1 amide bonds. The molecule has 2 aliphatic rings. The Morgan fingerprint density at radius 2 is 2.03 bits per heavy atom. The highest BCUT2D eigenvalue weighted by atomic mass is 79.9. The van der Waals surface area contributed by atoms with Crippen molar-refractivity contribution in [2.24, 2.45) is 0 Å². The maximum absolute atomic E-state index is 12.7. The lowest BCUT2D eigenvalue weighted by Gasteiger charge is -2.38. The molecule has 172 valence electrons. The smallest absolute Gasteiger partial charge is 0.237 e. The Bertz CT molecular complexity index is 1010. The molecule has 0 spiro atoms. The van der Waals surface area contributed by atoms with E-state index < -0.39 is 0 Å². The number of aliphatic hydroxyl groups is 1. The normalized spacial score (nSPS) is 26.8. The third-order valence-corrected chi connectivity index (χ3v) is 7.78. The van der Waals surface area contributed by atoms with Crippen LogP contribution in [0.5, 0.6) is 0 Å². The zero-order valence-corrected chi connectivity index (χ0v) is 20.1. The number of pyridine rings is 1. The van der Waals surface area contributed by atoms with Crippen molar-refractivity contribution in [3.05, 3.63) is 22.5 Å². The minimum atomic E-state index is -0.284. The van der Waals surface area contributed by atoms with Crippen LogP contribution in [0.1, 0.15) is 57.6 Å². The van der Waals surface area contributed by atoms with Gasteiger partial charge in [0, 0.05) is 29.6 Å². The van der Waals surface area contributed by atoms with Crippen LogP contribution in [0.3, 0.4) is 0 Å². The molecule has 8 nitrogen and oxygen atoms in total. The summed E-state index contributed by atoms with van der Waals surface area (Å²) in [5.74, 6) is 1.07. The van der Waals surface area contributed by atoms with Gasteiger partial charge in [0.25, 0.3) is 0 Å². The Morgan fingerprint density at radius 1 is 1.31 bits per heavy atom. The van der Waals surface area contributed by atoms with Crippen molar-refractivity contribution in [3.63, 3.8) is 0 Å². The van der Waals surface area contributed by atoms with E-state index in [0.717, 1.165) is 54.2 Å². The maximum Gasteiger partial charge on any atom is 0.237 e. The Morgan fingerprint density at radius 3 is 2.69 bits per heavy atom. The van der Waals surface area contributed by atoms with Gasteiger partial charge in [0.05, 0.1) is 22.8 Å². The second-order valence-corrected chi connectivity index (χ2v) is 9.88. The van der Waals surface area contributed by atoms with Crippen molar-refractivity contribution in [1.82, 2.24) is 15.2 Å². The molecule has 4 rings (SSSR count). The molecule has 3 N–H and O–H groups in total. The van der Waals surface area contributed by atoms with Gasteiger partial charge in [-0.2, -0.15) is 5.26 Å². The minimum absolute atomic E-state index is 0.0464. The number of hydrogen-bond donors (Lipinski definition) is 3. The third-order valence-electron chi connectivity index (χ3n) is 6.98. The monoisotopic (exact) mass is 503 g/mol. The molecule has 1 unspecified atom stereocenters. The Kier molecular flexibility index (Phi) is 7.03. The molecule has 0 aromatic carbocycles. The van der Waals surface area contributed by atoms with E-state index in [-0.39, 0.29) is 29.9 Å². The molecular formula is C23H30BrN5O3. The van der Waals surface area contributed by atoms with Crippen molar-refractivity contribution in [1.29, 1.82) is 5.26 Å². The number of nitrogens with one attached hydrogen (secondary N) is 2. The van der Waals surface area contributed by atoms with Crippen LogP contribution in [-0.4, -0.2) is 58.2 Å². The van der Waals surface area contributed by atoms with Crippen molar-refractivity contribution >= 4 is 38.6 Å². The van der Waals surface area contributed by atoms with E-state index in [0.29, 0.717) is 24.1 Å². The number of halogens is 1. The van der Waals surface area contributed by atoms with Crippen LogP contribution >= 0.6 is 15.9 Å². The fraction of sp³-hybridized carbons (Fsp3) is 0.609. The lowest BCUT2D eigenvalue weighted by Crippen LogP contribution is -2.51. The van der Waals surface area contributed by atoms with Gasteiger partial charge in [-0.3, -0.25) is 9.69 Å². The molecule has 0 radical (unpaired) electrons. The Labute approximate surface area is 196 Å². The highest BCUT2D eigenvalue weighted by Gasteiger charge is 2.31. The zero-order chi connectivity index (χ0) is 22.8. The lowest BCUT2D eigenvalue weighted by atomic mass is 9.89. The van der Waals surface area contributed by atoms with E-state index >= 15 is 0 Å². The number of nitrogens with zero attached hydrogens (tertiary/aromatic N) is 3. The lowest BCUT2D eigenvalue weighted by molar-refractivity contribution is -0.127. The van der Waals surface area contributed by atoms with Gasteiger partial charge < -0.3 is 20.2 Å². The van der Waals surface area contributed by atoms with Gasteiger partial charge in [-0.1, -0.05) is 0 Å². The van der Waals surface area contributed by atoms with Crippen LogP contribution in [0.2, 0.25) is 0 Å². The number of aliphatic hydroxyl groups excluding tert-OH is 1. The number of rotatable bonds is 6. The highest BCUT2D eigenvalue weighted by molar-refractivity contribution is 9.10. The Hall–Kier alpha value is -2.15. The van der Waals surface area contributed by atoms with Gasteiger partial charge in [-0.05, 0) is 74.8 Å². The van der Waals surface area contributed by atoms with Gasteiger partial charge >= 0.3 is 0 Å². The molecule has 0 aliphatic heterocycles. The molecule has 32 heavy (non-hydrogen) atoms. The van der Waals surface area contributed by atoms with Crippen molar-refractivity contribution < 1.29 is 14.3 Å². The molecule has 3 atom stereocenters. The number of aromatic nitrogens is 1. The first-order valence-electron chi connectivity index (χ1n) is 11.3.